The largest absolute Gasteiger partial charge is 0.544 e. The van der Waals surface area contributed by atoms with Crippen LogP contribution < -0.4 is 5.11 Å². The second kappa shape index (κ2) is 37.9. The second-order valence-electron chi connectivity index (χ2n) is 15.7. The molecule has 0 aromatic heterocycles. The Morgan fingerprint density at radius 3 is 1.53 bits per heavy atom. The highest BCUT2D eigenvalue weighted by Gasteiger charge is 2.25. The van der Waals surface area contributed by atoms with Crippen LogP contribution in [-0.2, 0) is 28.6 Å². The Morgan fingerprint density at radius 1 is 0.545 bits per heavy atom. The summed E-state index contributed by atoms with van der Waals surface area (Å²) in [5, 5.41) is 11.6. The number of esters is 2. The van der Waals surface area contributed by atoms with Crippen molar-refractivity contribution in [1.29, 1.82) is 0 Å². The summed E-state index contributed by atoms with van der Waals surface area (Å²) in [5.41, 5.74) is 0. The number of nitrogens with zero attached hydrogens (tertiary/aromatic N) is 1. The van der Waals surface area contributed by atoms with Crippen molar-refractivity contribution in [2.75, 3.05) is 41.0 Å². The van der Waals surface area contributed by atoms with Crippen molar-refractivity contribution in [3.05, 3.63) is 60.8 Å². The summed E-state index contributed by atoms with van der Waals surface area (Å²) in [6, 6.07) is -0.733. The monoisotopic (exact) mass is 772 g/mol. The normalized spacial score (nSPS) is 13.5. The number of quaternary nitrogens is 1. The van der Waals surface area contributed by atoms with E-state index in [-0.39, 0.29) is 42.7 Å². The second-order valence-corrected chi connectivity index (χ2v) is 15.7. The van der Waals surface area contributed by atoms with Crippen LogP contribution in [0.25, 0.3) is 0 Å². The van der Waals surface area contributed by atoms with Gasteiger partial charge in [0.25, 0.3) is 0 Å². The molecule has 0 saturated carbocycles. The lowest BCUT2D eigenvalue weighted by atomic mass is 10.1. The lowest BCUT2D eigenvalue weighted by molar-refractivity contribution is -0.889. The van der Waals surface area contributed by atoms with Crippen LogP contribution in [0.5, 0.6) is 0 Å². The average Bonchev–Trinajstić information content (AvgIpc) is 3.14. The van der Waals surface area contributed by atoms with E-state index in [1.807, 2.05) is 6.08 Å². The average molecular weight is 772 g/mol. The van der Waals surface area contributed by atoms with Gasteiger partial charge in [0, 0.05) is 19.3 Å². The number of unbranched alkanes of at least 4 members (excludes halogenated alkanes) is 17. The molecule has 8 nitrogen and oxygen atoms in total. The van der Waals surface area contributed by atoms with Crippen molar-refractivity contribution < 1.29 is 38.2 Å². The molecule has 0 fully saturated rings. The van der Waals surface area contributed by atoms with E-state index in [4.69, 9.17) is 14.2 Å². The first-order chi connectivity index (χ1) is 26.6. The highest BCUT2D eigenvalue weighted by molar-refractivity contribution is 5.70. The number of carbonyl (C=O) groups is 3. The zero-order valence-corrected chi connectivity index (χ0v) is 35.8. The fourth-order valence-electron chi connectivity index (χ4n) is 6.02. The van der Waals surface area contributed by atoms with Crippen LogP contribution in [0.15, 0.2) is 60.8 Å². The highest BCUT2D eigenvalue weighted by Crippen LogP contribution is 2.12. The van der Waals surface area contributed by atoms with Gasteiger partial charge in [-0.1, -0.05) is 145 Å². The molecule has 0 aliphatic carbocycles. The van der Waals surface area contributed by atoms with E-state index >= 15 is 0 Å². The van der Waals surface area contributed by atoms with Crippen LogP contribution in [-0.4, -0.2) is 75.5 Å². The van der Waals surface area contributed by atoms with Gasteiger partial charge in [-0.3, -0.25) is 9.59 Å². The minimum Gasteiger partial charge on any atom is -0.544 e. The van der Waals surface area contributed by atoms with Crippen LogP contribution in [0, 0.1) is 0 Å². The van der Waals surface area contributed by atoms with Gasteiger partial charge in [-0.2, -0.15) is 0 Å². The van der Waals surface area contributed by atoms with Gasteiger partial charge in [0.05, 0.1) is 40.3 Å². The maximum atomic E-state index is 12.7. The smallest absolute Gasteiger partial charge is 0.306 e. The van der Waals surface area contributed by atoms with Crippen molar-refractivity contribution >= 4 is 17.9 Å². The van der Waals surface area contributed by atoms with E-state index < -0.39 is 18.1 Å². The number of rotatable bonds is 38. The van der Waals surface area contributed by atoms with Gasteiger partial charge in [0.2, 0.25) is 0 Å². The Kier molecular flexibility index (Phi) is 35.9. The van der Waals surface area contributed by atoms with Gasteiger partial charge in [-0.05, 0) is 64.2 Å². The van der Waals surface area contributed by atoms with E-state index in [2.05, 4.69) is 68.5 Å². The first-order valence-corrected chi connectivity index (χ1v) is 21.9. The number of hydrogen-bond acceptors (Lipinski definition) is 7. The number of ether oxygens (including phenoxy) is 3. The molecule has 8 heteroatoms. The van der Waals surface area contributed by atoms with Gasteiger partial charge in [0.1, 0.15) is 12.6 Å². The van der Waals surface area contributed by atoms with Crippen LogP contribution in [0.2, 0.25) is 0 Å². The predicted octanol–water partition coefficient (Wildman–Crippen LogP) is 10.5. The van der Waals surface area contributed by atoms with Crippen molar-refractivity contribution in [3.63, 3.8) is 0 Å². The van der Waals surface area contributed by atoms with Gasteiger partial charge in [-0.25, -0.2) is 0 Å². The Morgan fingerprint density at radius 2 is 0.982 bits per heavy atom. The van der Waals surface area contributed by atoms with Gasteiger partial charge < -0.3 is 28.6 Å². The molecule has 0 aromatic rings. The van der Waals surface area contributed by atoms with E-state index in [9.17, 15) is 19.5 Å². The fourth-order valence-corrected chi connectivity index (χ4v) is 6.02. The number of aliphatic carboxylic acids is 1. The molecule has 0 amide bonds. The molecule has 0 aromatic carbocycles. The fraction of sp³-hybridized carbons (Fsp3) is 0.723. The number of likely N-dealkylation sites (N-methyl/N-ethyl adjacent to an activating group) is 1. The number of carboxylic acid groups (broad SMARTS) is 1. The molecule has 2 atom stereocenters. The SMILES string of the molecule is CCCCC/C=C/C=C/C=C/C=C/CCCCCCCC(=O)OCC(COCCC(C(=O)[O-])[N+](C)(C)C)OC(=O)CCCCC/C=C/CCCCCCCC. The van der Waals surface area contributed by atoms with Crippen LogP contribution >= 0.6 is 0 Å². The highest BCUT2D eigenvalue weighted by atomic mass is 16.6. The van der Waals surface area contributed by atoms with E-state index in [0.29, 0.717) is 12.8 Å². The van der Waals surface area contributed by atoms with Crippen LogP contribution in [0.3, 0.4) is 0 Å². The zero-order valence-electron chi connectivity index (χ0n) is 35.8. The van der Waals surface area contributed by atoms with E-state index in [1.165, 1.54) is 57.8 Å². The van der Waals surface area contributed by atoms with E-state index in [1.54, 1.807) is 21.1 Å². The quantitative estimate of drug-likeness (QED) is 0.0202. The topological polar surface area (TPSA) is 102 Å². The number of carboxylic acids is 1. The summed E-state index contributed by atoms with van der Waals surface area (Å²) < 4.78 is 17.1. The van der Waals surface area contributed by atoms with E-state index in [0.717, 1.165) is 77.0 Å². The lowest BCUT2D eigenvalue weighted by Crippen LogP contribution is -2.55. The molecule has 0 aliphatic heterocycles. The van der Waals surface area contributed by atoms with Crippen molar-refractivity contribution in [2.45, 2.75) is 180 Å². The summed E-state index contributed by atoms with van der Waals surface area (Å²) >= 11 is 0. The standard InChI is InChI=1S/C47H81NO7/c1-6-8-10-12-14-16-18-20-21-22-23-24-26-27-29-31-33-35-37-45(49)54-42-43(41-53-40-39-44(47(51)52)48(3,4)5)55-46(50)38-36-34-32-30-28-25-19-17-15-13-11-9-7-2/h14,16,18,20-25,28,43-44H,6-13,15,17,19,26-27,29-42H2,1-5H3/b16-14+,20-18+,22-21+,24-23+,28-25+. The molecule has 0 rings (SSSR count). The first kappa shape index (κ1) is 52.0. The minimum absolute atomic E-state index is 0.0246. The molecular weight excluding hydrogens is 691 g/mol. The molecule has 0 N–H and O–H groups in total. The molecule has 0 radical (unpaired) electrons. The Labute approximate surface area is 337 Å². The third-order valence-electron chi connectivity index (χ3n) is 9.47. The summed E-state index contributed by atoms with van der Waals surface area (Å²) in [4.78, 5) is 36.8. The molecule has 0 spiro atoms. The molecular formula is C47H81NO7. The number of carbonyl (C=O) groups excluding carboxylic acids is 3. The van der Waals surface area contributed by atoms with Crippen molar-refractivity contribution in [3.8, 4) is 0 Å². The Hall–Kier alpha value is -2.97. The molecule has 0 aliphatic rings. The molecule has 0 saturated heterocycles. The summed E-state index contributed by atoms with van der Waals surface area (Å²) in [7, 11) is 5.39. The summed E-state index contributed by atoms with van der Waals surface area (Å²) in [5.74, 6) is -1.79. The van der Waals surface area contributed by atoms with Gasteiger partial charge in [-0.15, -0.1) is 0 Å². The molecule has 316 valence electrons. The van der Waals surface area contributed by atoms with Crippen molar-refractivity contribution in [2.24, 2.45) is 0 Å². The van der Waals surface area contributed by atoms with Crippen LogP contribution in [0.1, 0.15) is 168 Å². The maximum absolute atomic E-state index is 12.7. The Balaban J connectivity index is 4.43. The number of allylic oxidation sites excluding steroid dienone is 10. The minimum atomic E-state index is -1.13. The third-order valence-corrected chi connectivity index (χ3v) is 9.47. The molecule has 2 unspecified atom stereocenters. The molecule has 55 heavy (non-hydrogen) atoms. The number of hydrogen-bond donors (Lipinski definition) is 0. The van der Waals surface area contributed by atoms with Gasteiger partial charge >= 0.3 is 11.9 Å². The predicted molar refractivity (Wildman–Crippen MR) is 226 cm³/mol. The first-order valence-electron chi connectivity index (χ1n) is 21.9. The molecule has 0 heterocycles. The third kappa shape index (κ3) is 36.4. The molecule has 0 bridgehead atoms. The summed E-state index contributed by atoms with van der Waals surface area (Å²) in [6.07, 6.45) is 45.2. The Bertz CT molecular complexity index is 1090. The van der Waals surface area contributed by atoms with Crippen LogP contribution in [0.4, 0.5) is 0 Å². The van der Waals surface area contributed by atoms with Crippen molar-refractivity contribution in [1.82, 2.24) is 0 Å². The van der Waals surface area contributed by atoms with Gasteiger partial charge in [0.15, 0.2) is 6.10 Å². The summed E-state index contributed by atoms with van der Waals surface area (Å²) in [6.45, 7) is 4.56. The maximum Gasteiger partial charge on any atom is 0.306 e. The lowest BCUT2D eigenvalue weighted by Gasteiger charge is -2.34. The zero-order chi connectivity index (χ0) is 40.7.